The van der Waals surface area contributed by atoms with Crippen molar-refractivity contribution in [2.45, 2.75) is 43.7 Å². The van der Waals surface area contributed by atoms with Gasteiger partial charge in [0.25, 0.3) is 0 Å². The van der Waals surface area contributed by atoms with Gasteiger partial charge in [-0.05, 0) is 62.2 Å². The summed E-state index contributed by atoms with van der Waals surface area (Å²) in [5.74, 6) is -7.47. The van der Waals surface area contributed by atoms with Crippen molar-refractivity contribution in [2.24, 2.45) is 23.5 Å². The summed E-state index contributed by atoms with van der Waals surface area (Å²) in [5.41, 5.74) is 5.15. The van der Waals surface area contributed by atoms with Crippen LogP contribution in [0.15, 0.2) is 36.0 Å². The standard InChI is InChI=1S/C27H32N4O7/c1-31(2)21-16-9-13-8-15-12(10-29-11-14-4-3-7-30-14)5-6-17(32)19(15)22(33)18(13)24(35)27(16,38)25(36)20(23(21)34)26(28)37/h3-7,13,16,20-21,23,29-30,32-34,38H,8-11H2,1-2H3,(H2,28,37)/t13-,16-,20?,21-,23?,27-/m1/s1. The van der Waals surface area contributed by atoms with Crippen LogP contribution in [0.4, 0.5) is 0 Å². The molecule has 0 spiro atoms. The van der Waals surface area contributed by atoms with Crippen LogP contribution in [0.25, 0.3) is 5.76 Å². The van der Waals surface area contributed by atoms with E-state index in [1.54, 1.807) is 25.1 Å². The van der Waals surface area contributed by atoms with Crippen LogP contribution in [0, 0.1) is 17.8 Å². The van der Waals surface area contributed by atoms with E-state index in [1.807, 2.05) is 18.3 Å². The van der Waals surface area contributed by atoms with Crippen LogP contribution in [-0.4, -0.2) is 79.6 Å². The highest BCUT2D eigenvalue weighted by atomic mass is 16.3. The number of aliphatic hydroxyl groups excluding tert-OH is 2. The fourth-order valence-electron chi connectivity index (χ4n) is 6.64. The molecule has 11 nitrogen and oxygen atoms in total. The van der Waals surface area contributed by atoms with Gasteiger partial charge in [0, 0.05) is 42.5 Å². The van der Waals surface area contributed by atoms with Crippen molar-refractivity contribution < 1.29 is 34.8 Å². The number of phenols is 1. The number of ketones is 2. The largest absolute Gasteiger partial charge is 0.507 e. The van der Waals surface area contributed by atoms with Crippen molar-refractivity contribution in [3.05, 3.63) is 58.4 Å². The predicted octanol–water partition coefficient (Wildman–Crippen LogP) is -0.253. The van der Waals surface area contributed by atoms with E-state index in [1.165, 1.54) is 6.07 Å². The third kappa shape index (κ3) is 3.77. The molecule has 2 aromatic rings. The van der Waals surface area contributed by atoms with E-state index in [4.69, 9.17) is 5.73 Å². The molecule has 3 aliphatic carbocycles. The SMILES string of the molecule is CN(C)[C@H]1C(O)C(C(N)=O)C(=O)[C@]2(O)C(=O)C3=C(O)c4c(O)ccc(CNCc5ccc[nH]5)c4C[C@@H]3C[C@H]12. The number of carbonyl (C=O) groups excluding carboxylic acids is 3. The molecule has 1 aromatic heterocycles. The van der Waals surface area contributed by atoms with Crippen LogP contribution in [0.3, 0.4) is 0 Å². The molecule has 38 heavy (non-hydrogen) atoms. The fraction of sp³-hybridized carbons (Fsp3) is 0.444. The van der Waals surface area contributed by atoms with E-state index in [9.17, 15) is 34.8 Å². The summed E-state index contributed by atoms with van der Waals surface area (Å²) in [6.45, 7) is 0.994. The van der Waals surface area contributed by atoms with Gasteiger partial charge in [-0.3, -0.25) is 14.4 Å². The van der Waals surface area contributed by atoms with Gasteiger partial charge in [-0.2, -0.15) is 0 Å². The quantitative estimate of drug-likeness (QED) is 0.250. The van der Waals surface area contributed by atoms with Gasteiger partial charge in [0.1, 0.15) is 17.4 Å². The van der Waals surface area contributed by atoms with Crippen molar-refractivity contribution in [3.8, 4) is 5.75 Å². The van der Waals surface area contributed by atoms with Gasteiger partial charge in [-0.15, -0.1) is 0 Å². The lowest BCUT2D eigenvalue weighted by Gasteiger charge is -2.53. The number of nitrogens with two attached hydrogens (primary N) is 1. The van der Waals surface area contributed by atoms with Crippen molar-refractivity contribution in [2.75, 3.05) is 14.1 Å². The summed E-state index contributed by atoms with van der Waals surface area (Å²) in [4.78, 5) is 44.0. The first-order valence-corrected chi connectivity index (χ1v) is 12.5. The van der Waals surface area contributed by atoms with E-state index >= 15 is 0 Å². The third-order valence-electron chi connectivity index (χ3n) is 8.36. The lowest BCUT2D eigenvalue weighted by molar-refractivity contribution is -0.184. The maximum absolute atomic E-state index is 13.9. The Kier molecular flexibility index (Phi) is 6.42. The number of aliphatic hydroxyl groups is 3. The van der Waals surface area contributed by atoms with E-state index in [-0.39, 0.29) is 29.7 Å². The molecule has 2 saturated carbocycles. The van der Waals surface area contributed by atoms with Crippen molar-refractivity contribution in [1.29, 1.82) is 0 Å². The monoisotopic (exact) mass is 524 g/mol. The fourth-order valence-corrected chi connectivity index (χ4v) is 6.64. The molecule has 8 N–H and O–H groups in total. The Morgan fingerprint density at radius 1 is 1.21 bits per heavy atom. The van der Waals surface area contributed by atoms with Gasteiger partial charge in [0.05, 0.1) is 11.7 Å². The zero-order valence-corrected chi connectivity index (χ0v) is 21.1. The number of aromatic amines is 1. The van der Waals surface area contributed by atoms with E-state index in [0.29, 0.717) is 18.7 Å². The number of aromatic hydroxyl groups is 1. The van der Waals surface area contributed by atoms with E-state index in [2.05, 4.69) is 10.3 Å². The molecule has 0 radical (unpaired) electrons. The highest BCUT2D eigenvalue weighted by Gasteiger charge is 2.67. The number of phenolic OH excluding ortho intramolecular Hbond substituents is 1. The predicted molar refractivity (Wildman–Crippen MR) is 135 cm³/mol. The first-order chi connectivity index (χ1) is 18.0. The minimum atomic E-state index is -2.66. The highest BCUT2D eigenvalue weighted by molar-refractivity contribution is 6.25. The molecule has 1 heterocycles. The molecular formula is C27H32N4O7. The summed E-state index contributed by atoms with van der Waals surface area (Å²) in [7, 11) is 3.25. The zero-order chi connectivity index (χ0) is 27.5. The third-order valence-corrected chi connectivity index (χ3v) is 8.36. The molecule has 6 atom stereocenters. The maximum atomic E-state index is 13.9. The number of benzene rings is 1. The maximum Gasteiger partial charge on any atom is 0.230 e. The van der Waals surface area contributed by atoms with Crippen LogP contribution in [0.1, 0.15) is 28.8 Å². The zero-order valence-electron chi connectivity index (χ0n) is 21.1. The summed E-state index contributed by atoms with van der Waals surface area (Å²) in [6, 6.07) is 6.10. The normalized spacial score (nSPS) is 30.7. The number of likely N-dealkylation sites (N-methyl/N-ethyl adjacent to an activating group) is 1. The Morgan fingerprint density at radius 2 is 1.95 bits per heavy atom. The second-order valence-electron chi connectivity index (χ2n) is 10.7. The molecule has 5 rings (SSSR count). The number of carbonyl (C=O) groups is 3. The summed E-state index contributed by atoms with van der Waals surface area (Å²) < 4.78 is 0. The lowest BCUT2D eigenvalue weighted by Crippen LogP contribution is -2.73. The molecule has 11 heteroatoms. The smallest absolute Gasteiger partial charge is 0.230 e. The molecule has 2 fully saturated rings. The van der Waals surface area contributed by atoms with Crippen LogP contribution >= 0.6 is 0 Å². The average Bonchev–Trinajstić information content (AvgIpc) is 3.36. The van der Waals surface area contributed by atoms with Gasteiger partial charge < -0.3 is 41.4 Å². The first kappa shape index (κ1) is 26.1. The van der Waals surface area contributed by atoms with Gasteiger partial charge in [-0.1, -0.05) is 6.07 Å². The van der Waals surface area contributed by atoms with E-state index < -0.39 is 58.7 Å². The molecular weight excluding hydrogens is 492 g/mol. The second-order valence-corrected chi connectivity index (χ2v) is 10.7. The number of hydrogen-bond donors (Lipinski definition) is 7. The number of nitrogens with one attached hydrogen (secondary N) is 2. The molecule has 1 aromatic carbocycles. The van der Waals surface area contributed by atoms with Crippen molar-refractivity contribution in [3.63, 3.8) is 0 Å². The summed E-state index contributed by atoms with van der Waals surface area (Å²) in [5, 5.41) is 47.9. The van der Waals surface area contributed by atoms with Crippen LogP contribution in [0.2, 0.25) is 0 Å². The number of fused-ring (bicyclic) bond motifs is 3. The Bertz CT molecular complexity index is 1340. The minimum absolute atomic E-state index is 0.0865. The Morgan fingerprint density at radius 3 is 2.58 bits per heavy atom. The number of rotatable bonds is 6. The number of aromatic nitrogens is 1. The Balaban J connectivity index is 1.57. The Labute approximate surface area is 219 Å². The van der Waals surface area contributed by atoms with Crippen molar-refractivity contribution in [1.82, 2.24) is 15.2 Å². The summed E-state index contributed by atoms with van der Waals surface area (Å²) in [6.07, 6.45) is 0.665. The molecule has 202 valence electrons. The average molecular weight is 525 g/mol. The van der Waals surface area contributed by atoms with Gasteiger partial charge in [0.2, 0.25) is 11.7 Å². The molecule has 1 amide bonds. The van der Waals surface area contributed by atoms with Crippen molar-refractivity contribution >= 4 is 23.2 Å². The number of amides is 1. The topological polar surface area (TPSA) is 189 Å². The lowest BCUT2D eigenvalue weighted by atomic mass is 9.54. The highest BCUT2D eigenvalue weighted by Crippen LogP contribution is 2.52. The number of primary amides is 1. The summed E-state index contributed by atoms with van der Waals surface area (Å²) >= 11 is 0. The second kappa shape index (κ2) is 9.35. The molecule has 0 aliphatic heterocycles. The molecule has 0 bridgehead atoms. The number of hydrogen-bond acceptors (Lipinski definition) is 9. The van der Waals surface area contributed by atoms with Gasteiger partial charge in [-0.25, -0.2) is 0 Å². The molecule has 0 saturated heterocycles. The van der Waals surface area contributed by atoms with Gasteiger partial charge >= 0.3 is 0 Å². The number of nitrogens with zero attached hydrogens (tertiary/aromatic N) is 1. The molecule has 3 aliphatic rings. The number of Topliss-reactive ketones (excluding diaryl/α,β-unsaturated/α-hetero) is 2. The Hall–Kier alpha value is -3.51. The van der Waals surface area contributed by atoms with E-state index in [0.717, 1.165) is 11.3 Å². The first-order valence-electron chi connectivity index (χ1n) is 12.5. The number of H-pyrrole nitrogens is 1. The minimum Gasteiger partial charge on any atom is -0.507 e. The molecule has 2 unspecified atom stereocenters. The van der Waals surface area contributed by atoms with Crippen LogP contribution in [0.5, 0.6) is 5.75 Å². The van der Waals surface area contributed by atoms with Gasteiger partial charge in [0.15, 0.2) is 11.4 Å². The van der Waals surface area contributed by atoms with Crippen LogP contribution in [-0.2, 0) is 33.9 Å². The van der Waals surface area contributed by atoms with Crippen LogP contribution < -0.4 is 11.1 Å².